The average Bonchev–Trinajstić information content (AvgIpc) is 3.21. The standard InChI is InChI=1S/C20H28N4OS.HI/c1-16-6-3-4-7-17(16)14-22-20(21-2)23-15-18(19-8-5-13-26-19)24-9-11-25-12-10-24;/h3-8,13,18H,9-12,14-15H2,1-2H3,(H2,21,22,23);1H. The Bertz CT molecular complexity index is 702. The smallest absolute Gasteiger partial charge is 0.191 e. The first-order valence-corrected chi connectivity index (χ1v) is 10.00. The molecule has 0 bridgehead atoms. The number of nitrogens with zero attached hydrogens (tertiary/aromatic N) is 2. The molecule has 0 saturated carbocycles. The molecule has 1 saturated heterocycles. The molecule has 2 N–H and O–H groups in total. The fourth-order valence-corrected chi connectivity index (χ4v) is 4.04. The van der Waals surface area contributed by atoms with E-state index in [0.717, 1.165) is 45.4 Å². The van der Waals surface area contributed by atoms with Gasteiger partial charge in [-0.15, -0.1) is 35.3 Å². The summed E-state index contributed by atoms with van der Waals surface area (Å²) in [7, 11) is 1.82. The van der Waals surface area contributed by atoms with E-state index in [2.05, 4.69) is 69.2 Å². The fourth-order valence-electron chi connectivity index (χ4n) is 3.18. The van der Waals surface area contributed by atoms with Gasteiger partial charge in [0, 0.05) is 38.1 Å². The minimum absolute atomic E-state index is 0. The molecule has 0 radical (unpaired) electrons. The number of morpholine rings is 1. The molecule has 0 aliphatic carbocycles. The van der Waals surface area contributed by atoms with Crippen molar-refractivity contribution in [1.29, 1.82) is 0 Å². The van der Waals surface area contributed by atoms with Crippen LogP contribution in [0.1, 0.15) is 22.0 Å². The third-order valence-corrected chi connectivity index (χ3v) is 5.73. The van der Waals surface area contributed by atoms with Crippen LogP contribution >= 0.6 is 35.3 Å². The summed E-state index contributed by atoms with van der Waals surface area (Å²) in [6.45, 7) is 7.29. The first kappa shape index (κ1) is 22.1. The highest BCUT2D eigenvalue weighted by molar-refractivity contribution is 14.0. The first-order valence-electron chi connectivity index (χ1n) is 9.12. The van der Waals surface area contributed by atoms with Crippen LogP contribution in [-0.2, 0) is 11.3 Å². The molecule has 5 nitrogen and oxygen atoms in total. The molecule has 1 aromatic heterocycles. The fraction of sp³-hybridized carbons (Fsp3) is 0.450. The van der Waals surface area contributed by atoms with Crippen LogP contribution in [0, 0.1) is 6.92 Å². The SMILES string of the molecule is CN=C(NCc1ccccc1C)NCC(c1cccs1)N1CCOCC1.I. The van der Waals surface area contributed by atoms with Crippen molar-refractivity contribution in [3.05, 3.63) is 57.8 Å². The van der Waals surface area contributed by atoms with E-state index >= 15 is 0 Å². The molecule has 1 aliphatic rings. The third-order valence-electron chi connectivity index (χ3n) is 4.75. The van der Waals surface area contributed by atoms with Gasteiger partial charge < -0.3 is 15.4 Å². The Hall–Kier alpha value is -1.16. The largest absolute Gasteiger partial charge is 0.379 e. The number of thiophene rings is 1. The zero-order valence-electron chi connectivity index (χ0n) is 16.0. The van der Waals surface area contributed by atoms with Gasteiger partial charge in [-0.25, -0.2) is 0 Å². The molecule has 3 rings (SSSR count). The molecule has 1 unspecified atom stereocenters. The quantitative estimate of drug-likeness (QED) is 0.363. The molecule has 1 fully saturated rings. The van der Waals surface area contributed by atoms with Crippen LogP contribution in [0.5, 0.6) is 0 Å². The molecule has 148 valence electrons. The van der Waals surface area contributed by atoms with E-state index in [0.29, 0.717) is 6.04 Å². The molecule has 27 heavy (non-hydrogen) atoms. The van der Waals surface area contributed by atoms with Gasteiger partial charge in [0.25, 0.3) is 0 Å². The van der Waals surface area contributed by atoms with Gasteiger partial charge in [0.15, 0.2) is 5.96 Å². The Kier molecular flexibility index (Phi) is 9.53. The lowest BCUT2D eigenvalue weighted by Crippen LogP contribution is -2.46. The number of hydrogen-bond acceptors (Lipinski definition) is 4. The van der Waals surface area contributed by atoms with Gasteiger partial charge in [-0.05, 0) is 29.5 Å². The molecule has 0 spiro atoms. The van der Waals surface area contributed by atoms with E-state index in [9.17, 15) is 0 Å². The second-order valence-electron chi connectivity index (χ2n) is 6.41. The molecule has 1 aliphatic heterocycles. The highest BCUT2D eigenvalue weighted by atomic mass is 127. The summed E-state index contributed by atoms with van der Waals surface area (Å²) in [5.74, 6) is 0.836. The highest BCUT2D eigenvalue weighted by Gasteiger charge is 2.23. The number of aliphatic imine (C=N–C) groups is 1. The Labute approximate surface area is 183 Å². The van der Waals surface area contributed by atoms with Crippen molar-refractivity contribution in [1.82, 2.24) is 15.5 Å². The van der Waals surface area contributed by atoms with Crippen LogP contribution < -0.4 is 10.6 Å². The van der Waals surface area contributed by atoms with Crippen LogP contribution in [-0.4, -0.2) is 50.8 Å². The van der Waals surface area contributed by atoms with Crippen molar-refractivity contribution in [3.63, 3.8) is 0 Å². The number of guanidine groups is 1. The molecule has 1 atom stereocenters. The van der Waals surface area contributed by atoms with E-state index in [4.69, 9.17) is 4.74 Å². The zero-order chi connectivity index (χ0) is 18.2. The maximum absolute atomic E-state index is 5.52. The van der Waals surface area contributed by atoms with Gasteiger partial charge in [-0.2, -0.15) is 0 Å². The van der Waals surface area contributed by atoms with Crippen LogP contribution in [0.2, 0.25) is 0 Å². The molecule has 2 aromatic rings. The van der Waals surface area contributed by atoms with E-state index in [1.807, 2.05) is 18.4 Å². The third kappa shape index (κ3) is 6.44. The van der Waals surface area contributed by atoms with Gasteiger partial charge in [0.2, 0.25) is 0 Å². The van der Waals surface area contributed by atoms with Gasteiger partial charge in [-0.1, -0.05) is 30.3 Å². The van der Waals surface area contributed by atoms with Gasteiger partial charge in [-0.3, -0.25) is 9.89 Å². The molecular formula is C20H29IN4OS. The minimum Gasteiger partial charge on any atom is -0.379 e. The van der Waals surface area contributed by atoms with Crippen LogP contribution in [0.4, 0.5) is 0 Å². The van der Waals surface area contributed by atoms with E-state index in [1.165, 1.54) is 16.0 Å². The Morgan fingerprint density at radius 3 is 2.63 bits per heavy atom. The maximum atomic E-state index is 5.52. The minimum atomic E-state index is 0. The topological polar surface area (TPSA) is 48.9 Å². The average molecular weight is 500 g/mol. The summed E-state index contributed by atoms with van der Waals surface area (Å²) in [6.07, 6.45) is 0. The van der Waals surface area contributed by atoms with Crippen molar-refractivity contribution >= 4 is 41.3 Å². The number of rotatable bonds is 6. The number of hydrogen-bond donors (Lipinski definition) is 2. The molecular weight excluding hydrogens is 471 g/mol. The number of aryl methyl sites for hydroxylation is 1. The lowest BCUT2D eigenvalue weighted by molar-refractivity contribution is 0.0177. The lowest BCUT2D eigenvalue weighted by atomic mass is 10.1. The monoisotopic (exact) mass is 500 g/mol. The maximum Gasteiger partial charge on any atom is 0.191 e. The number of nitrogens with one attached hydrogen (secondary N) is 2. The van der Waals surface area contributed by atoms with Gasteiger partial charge >= 0.3 is 0 Å². The van der Waals surface area contributed by atoms with Crippen molar-refractivity contribution in [2.45, 2.75) is 19.5 Å². The summed E-state index contributed by atoms with van der Waals surface area (Å²) in [6, 6.07) is 13.1. The van der Waals surface area contributed by atoms with Crippen LogP contribution in [0.25, 0.3) is 0 Å². The lowest BCUT2D eigenvalue weighted by Gasteiger charge is -2.34. The van der Waals surface area contributed by atoms with Crippen LogP contribution in [0.3, 0.4) is 0 Å². The number of ether oxygens (including phenoxy) is 1. The zero-order valence-corrected chi connectivity index (χ0v) is 19.1. The molecule has 2 heterocycles. The second-order valence-corrected chi connectivity index (χ2v) is 7.39. The number of halogens is 1. The molecule has 0 amide bonds. The first-order chi connectivity index (χ1) is 12.8. The van der Waals surface area contributed by atoms with Gasteiger partial charge in [0.1, 0.15) is 0 Å². The molecule has 7 heteroatoms. The van der Waals surface area contributed by atoms with E-state index in [-0.39, 0.29) is 24.0 Å². The van der Waals surface area contributed by atoms with Gasteiger partial charge in [0.05, 0.1) is 19.3 Å². The number of benzene rings is 1. The summed E-state index contributed by atoms with van der Waals surface area (Å²) in [5.41, 5.74) is 2.58. The normalized spacial score (nSPS) is 16.4. The Balaban J connectivity index is 0.00000261. The van der Waals surface area contributed by atoms with E-state index in [1.54, 1.807) is 0 Å². The van der Waals surface area contributed by atoms with Crippen LogP contribution in [0.15, 0.2) is 46.8 Å². The predicted octanol–water partition coefficient (Wildman–Crippen LogP) is 3.41. The van der Waals surface area contributed by atoms with Crippen molar-refractivity contribution in [2.24, 2.45) is 4.99 Å². The predicted molar refractivity (Wildman–Crippen MR) is 124 cm³/mol. The molecule has 1 aromatic carbocycles. The summed E-state index contributed by atoms with van der Waals surface area (Å²) in [5, 5.41) is 9.08. The summed E-state index contributed by atoms with van der Waals surface area (Å²) < 4.78 is 5.52. The van der Waals surface area contributed by atoms with Crippen molar-refractivity contribution < 1.29 is 4.74 Å². The van der Waals surface area contributed by atoms with E-state index < -0.39 is 0 Å². The Morgan fingerprint density at radius 1 is 1.19 bits per heavy atom. The second kappa shape index (κ2) is 11.6. The van der Waals surface area contributed by atoms with Crippen molar-refractivity contribution in [3.8, 4) is 0 Å². The Morgan fingerprint density at radius 2 is 1.96 bits per heavy atom. The summed E-state index contributed by atoms with van der Waals surface area (Å²) in [4.78, 5) is 8.27. The summed E-state index contributed by atoms with van der Waals surface area (Å²) >= 11 is 1.81. The highest BCUT2D eigenvalue weighted by Crippen LogP contribution is 2.25. The van der Waals surface area contributed by atoms with Crippen molar-refractivity contribution in [2.75, 3.05) is 39.9 Å².